The zero-order chi connectivity index (χ0) is 14.9. The van der Waals surface area contributed by atoms with E-state index in [0.717, 1.165) is 49.7 Å². The lowest BCUT2D eigenvalue weighted by atomic mass is 10.2. The second-order valence-corrected chi connectivity index (χ2v) is 5.03. The van der Waals surface area contributed by atoms with Crippen LogP contribution in [0, 0.1) is 0 Å². The normalized spacial score (nSPS) is 10.4. The van der Waals surface area contributed by atoms with Gasteiger partial charge in [0, 0.05) is 18.8 Å². The maximum absolute atomic E-state index is 4.69. The van der Waals surface area contributed by atoms with Gasteiger partial charge in [-0.3, -0.25) is 4.98 Å². The summed E-state index contributed by atoms with van der Waals surface area (Å²) < 4.78 is 0. The number of para-hydroxylation sites is 1. The lowest BCUT2D eigenvalue weighted by molar-refractivity contribution is 0.778. The Morgan fingerprint density at radius 2 is 1.86 bits per heavy atom. The Kier molecular flexibility index (Phi) is 6.00. The Morgan fingerprint density at radius 1 is 1.05 bits per heavy atom. The largest absolute Gasteiger partial charge is 0.369 e. The van der Waals surface area contributed by atoms with E-state index in [-0.39, 0.29) is 0 Å². The van der Waals surface area contributed by atoms with E-state index in [2.05, 4.69) is 53.3 Å². The number of nitrogens with one attached hydrogen (secondary N) is 1. The molecule has 0 spiro atoms. The number of rotatable bonds is 8. The van der Waals surface area contributed by atoms with Crippen LogP contribution in [0.3, 0.4) is 0 Å². The molecule has 0 aliphatic heterocycles. The second-order valence-electron chi connectivity index (χ2n) is 5.03. The highest BCUT2D eigenvalue weighted by atomic mass is 15.2. The molecule has 0 unspecified atom stereocenters. The van der Waals surface area contributed by atoms with Gasteiger partial charge in [-0.2, -0.15) is 0 Å². The van der Waals surface area contributed by atoms with Crippen LogP contribution in [0.2, 0.25) is 0 Å². The highest BCUT2D eigenvalue weighted by molar-refractivity contribution is 5.60. The Morgan fingerprint density at radius 3 is 2.57 bits per heavy atom. The molecule has 4 heteroatoms. The van der Waals surface area contributed by atoms with Crippen LogP contribution in [0.5, 0.6) is 0 Å². The molecule has 4 nitrogen and oxygen atoms in total. The molecule has 0 amide bonds. The molecule has 0 aliphatic rings. The molecule has 2 aromatic rings. The number of aromatic nitrogens is 2. The van der Waals surface area contributed by atoms with Gasteiger partial charge in [0.25, 0.3) is 0 Å². The summed E-state index contributed by atoms with van der Waals surface area (Å²) in [5.74, 6) is 1.74. The van der Waals surface area contributed by atoms with Crippen molar-refractivity contribution < 1.29 is 0 Å². The van der Waals surface area contributed by atoms with Gasteiger partial charge < -0.3 is 10.2 Å². The van der Waals surface area contributed by atoms with Gasteiger partial charge in [-0.05, 0) is 25.0 Å². The van der Waals surface area contributed by atoms with Crippen molar-refractivity contribution in [2.45, 2.75) is 33.1 Å². The summed E-state index contributed by atoms with van der Waals surface area (Å²) in [5.41, 5.74) is 1.16. The fourth-order valence-corrected chi connectivity index (χ4v) is 2.12. The van der Waals surface area contributed by atoms with Gasteiger partial charge in [0.15, 0.2) is 5.82 Å². The van der Waals surface area contributed by atoms with Crippen molar-refractivity contribution >= 4 is 17.3 Å². The van der Waals surface area contributed by atoms with Gasteiger partial charge in [0.05, 0.1) is 12.4 Å². The van der Waals surface area contributed by atoms with Crippen molar-refractivity contribution in [2.75, 3.05) is 23.3 Å². The van der Waals surface area contributed by atoms with Crippen LogP contribution in [0.4, 0.5) is 17.3 Å². The number of unbranched alkanes of at least 4 members (excludes halogenated alkanes) is 1. The SMILES string of the molecule is CCCCN(c1ccccc1)c1cncc(NCCC)n1. The summed E-state index contributed by atoms with van der Waals surface area (Å²) in [4.78, 5) is 11.2. The molecule has 0 saturated heterocycles. The molecule has 2 rings (SSSR count). The van der Waals surface area contributed by atoms with Gasteiger partial charge >= 0.3 is 0 Å². The van der Waals surface area contributed by atoms with Crippen molar-refractivity contribution in [1.29, 1.82) is 0 Å². The first kappa shape index (κ1) is 15.3. The van der Waals surface area contributed by atoms with E-state index in [9.17, 15) is 0 Å². The third-order valence-corrected chi connectivity index (χ3v) is 3.26. The summed E-state index contributed by atoms with van der Waals surface area (Å²) in [6.45, 7) is 6.21. The molecule has 1 heterocycles. The van der Waals surface area contributed by atoms with Crippen LogP contribution in [-0.2, 0) is 0 Å². The van der Waals surface area contributed by atoms with Crippen LogP contribution in [0.1, 0.15) is 33.1 Å². The minimum atomic E-state index is 0.840. The van der Waals surface area contributed by atoms with E-state index in [1.165, 1.54) is 0 Å². The standard InChI is InChI=1S/C17H24N4/c1-3-5-12-21(15-9-7-6-8-10-15)17-14-18-13-16(20-17)19-11-4-2/h6-10,13-14H,3-5,11-12H2,1-2H3,(H,19,20). The van der Waals surface area contributed by atoms with Crippen molar-refractivity contribution in [1.82, 2.24) is 9.97 Å². The molecule has 0 atom stereocenters. The zero-order valence-corrected chi connectivity index (χ0v) is 12.9. The maximum atomic E-state index is 4.69. The van der Waals surface area contributed by atoms with Crippen molar-refractivity contribution in [3.05, 3.63) is 42.7 Å². The summed E-state index contributed by atoms with van der Waals surface area (Å²) in [6.07, 6.45) is 6.97. The third kappa shape index (κ3) is 4.45. The molecule has 1 aromatic heterocycles. The molecule has 1 aromatic carbocycles. The predicted octanol–water partition coefficient (Wildman–Crippen LogP) is 4.24. The monoisotopic (exact) mass is 284 g/mol. The van der Waals surface area contributed by atoms with Crippen LogP contribution < -0.4 is 10.2 Å². The molecule has 21 heavy (non-hydrogen) atoms. The number of nitrogens with zero attached hydrogens (tertiary/aromatic N) is 3. The highest BCUT2D eigenvalue weighted by Crippen LogP contribution is 2.24. The summed E-state index contributed by atoms with van der Waals surface area (Å²) in [7, 11) is 0. The molecular weight excluding hydrogens is 260 g/mol. The first-order valence-electron chi connectivity index (χ1n) is 7.73. The third-order valence-electron chi connectivity index (χ3n) is 3.26. The van der Waals surface area contributed by atoms with Gasteiger partial charge in [-0.25, -0.2) is 4.98 Å². The van der Waals surface area contributed by atoms with Crippen molar-refractivity contribution in [3.63, 3.8) is 0 Å². The summed E-state index contributed by atoms with van der Waals surface area (Å²) in [6, 6.07) is 10.4. The minimum Gasteiger partial charge on any atom is -0.369 e. The minimum absolute atomic E-state index is 0.840. The topological polar surface area (TPSA) is 41.1 Å². The first-order chi connectivity index (χ1) is 10.3. The fraction of sp³-hybridized carbons (Fsp3) is 0.412. The molecule has 0 saturated carbocycles. The number of anilines is 3. The van der Waals surface area contributed by atoms with E-state index in [4.69, 9.17) is 4.98 Å². The van der Waals surface area contributed by atoms with E-state index in [1.807, 2.05) is 12.3 Å². The first-order valence-corrected chi connectivity index (χ1v) is 7.73. The van der Waals surface area contributed by atoms with Crippen LogP contribution >= 0.6 is 0 Å². The lowest BCUT2D eigenvalue weighted by Gasteiger charge is -2.23. The van der Waals surface area contributed by atoms with Crippen molar-refractivity contribution in [2.24, 2.45) is 0 Å². The van der Waals surface area contributed by atoms with Gasteiger partial charge in [0.2, 0.25) is 0 Å². The fourth-order valence-electron chi connectivity index (χ4n) is 2.12. The van der Waals surface area contributed by atoms with E-state index >= 15 is 0 Å². The number of benzene rings is 1. The quantitative estimate of drug-likeness (QED) is 0.787. The van der Waals surface area contributed by atoms with Crippen LogP contribution in [0.15, 0.2) is 42.7 Å². The molecule has 0 bridgehead atoms. The summed E-state index contributed by atoms with van der Waals surface area (Å²) in [5, 5.41) is 3.30. The van der Waals surface area contributed by atoms with E-state index in [1.54, 1.807) is 6.20 Å². The van der Waals surface area contributed by atoms with Gasteiger partial charge in [0.1, 0.15) is 5.82 Å². The lowest BCUT2D eigenvalue weighted by Crippen LogP contribution is -2.20. The van der Waals surface area contributed by atoms with E-state index in [0.29, 0.717) is 0 Å². The van der Waals surface area contributed by atoms with Gasteiger partial charge in [-0.15, -0.1) is 0 Å². The van der Waals surface area contributed by atoms with E-state index < -0.39 is 0 Å². The summed E-state index contributed by atoms with van der Waals surface area (Å²) >= 11 is 0. The zero-order valence-electron chi connectivity index (χ0n) is 12.9. The number of hydrogen-bond acceptors (Lipinski definition) is 4. The molecule has 0 fully saturated rings. The Hall–Kier alpha value is -2.10. The molecular formula is C17H24N4. The van der Waals surface area contributed by atoms with Crippen LogP contribution in [-0.4, -0.2) is 23.1 Å². The Balaban J connectivity index is 2.23. The highest BCUT2D eigenvalue weighted by Gasteiger charge is 2.11. The van der Waals surface area contributed by atoms with Crippen molar-refractivity contribution in [3.8, 4) is 0 Å². The van der Waals surface area contributed by atoms with Crippen LogP contribution in [0.25, 0.3) is 0 Å². The Labute approximate surface area is 127 Å². The Bertz CT molecular complexity index is 527. The second kappa shape index (κ2) is 8.25. The molecule has 0 aliphatic carbocycles. The predicted molar refractivity (Wildman–Crippen MR) is 89.2 cm³/mol. The maximum Gasteiger partial charge on any atom is 0.153 e. The molecule has 112 valence electrons. The molecule has 1 N–H and O–H groups in total. The molecule has 0 radical (unpaired) electrons. The average Bonchev–Trinajstić information content (AvgIpc) is 2.55. The average molecular weight is 284 g/mol. The smallest absolute Gasteiger partial charge is 0.153 e. The number of hydrogen-bond donors (Lipinski definition) is 1. The van der Waals surface area contributed by atoms with Gasteiger partial charge in [-0.1, -0.05) is 38.5 Å².